The van der Waals surface area contributed by atoms with Gasteiger partial charge in [-0.1, -0.05) is 67.0 Å². The molecular formula is C25H36O2. The van der Waals surface area contributed by atoms with Gasteiger partial charge in [-0.25, -0.2) is 0 Å². The lowest BCUT2D eigenvalue weighted by Crippen LogP contribution is -2.02. The van der Waals surface area contributed by atoms with Crippen LogP contribution in [0.2, 0.25) is 0 Å². The van der Waals surface area contributed by atoms with Crippen molar-refractivity contribution in [2.45, 2.75) is 79.2 Å². The van der Waals surface area contributed by atoms with E-state index in [9.17, 15) is 4.79 Å². The maximum absolute atomic E-state index is 10.9. The molecule has 0 radical (unpaired) electrons. The van der Waals surface area contributed by atoms with Crippen LogP contribution < -0.4 is 0 Å². The number of hydrogen-bond acceptors (Lipinski definition) is 2. The van der Waals surface area contributed by atoms with Crippen molar-refractivity contribution in [1.29, 1.82) is 0 Å². The van der Waals surface area contributed by atoms with Crippen molar-refractivity contribution in [1.82, 2.24) is 0 Å². The summed E-state index contributed by atoms with van der Waals surface area (Å²) in [6.07, 6.45) is 10.6. The van der Waals surface area contributed by atoms with E-state index in [1.165, 1.54) is 22.3 Å². The highest BCUT2D eigenvalue weighted by Gasteiger charge is 2.10. The minimum atomic E-state index is -0.313. The van der Waals surface area contributed by atoms with Crippen LogP contribution in [0.1, 0.15) is 90.4 Å². The Morgan fingerprint density at radius 1 is 0.889 bits per heavy atom. The average Bonchev–Trinajstić information content (AvgIpc) is 2.61. The zero-order chi connectivity index (χ0) is 20.2. The predicted octanol–water partition coefficient (Wildman–Crippen LogP) is 7.44. The molecule has 0 aromatic heterocycles. The molecule has 0 fully saturated rings. The van der Waals surface area contributed by atoms with Gasteiger partial charge >= 0.3 is 0 Å². The molecule has 2 heteroatoms. The Hall–Kier alpha value is -2.09. The molecule has 1 unspecified atom stereocenters. The quantitative estimate of drug-likeness (QED) is 0.299. The van der Waals surface area contributed by atoms with Gasteiger partial charge in [0, 0.05) is 0 Å². The van der Waals surface area contributed by atoms with E-state index in [1.807, 2.05) is 0 Å². The lowest BCUT2D eigenvalue weighted by atomic mass is 9.98. The van der Waals surface area contributed by atoms with Gasteiger partial charge in [-0.2, -0.15) is 0 Å². The summed E-state index contributed by atoms with van der Waals surface area (Å²) in [5.41, 5.74) is 6.36. The molecule has 27 heavy (non-hydrogen) atoms. The van der Waals surface area contributed by atoms with Gasteiger partial charge in [0.25, 0.3) is 6.47 Å². The van der Waals surface area contributed by atoms with Gasteiger partial charge in [0.2, 0.25) is 0 Å². The highest BCUT2D eigenvalue weighted by molar-refractivity contribution is 5.40. The van der Waals surface area contributed by atoms with Crippen molar-refractivity contribution in [2.24, 2.45) is 0 Å². The molecule has 2 nitrogen and oxygen atoms in total. The number of rotatable bonds is 11. The Bertz CT molecular complexity index is 656. The first-order valence-electron chi connectivity index (χ1n) is 9.98. The maximum Gasteiger partial charge on any atom is 0.294 e. The monoisotopic (exact) mass is 368 g/mol. The number of carbonyl (C=O) groups is 1. The van der Waals surface area contributed by atoms with E-state index in [0.717, 1.165) is 31.2 Å². The molecule has 0 heterocycles. The molecule has 1 aromatic carbocycles. The van der Waals surface area contributed by atoms with Crippen LogP contribution in [0.25, 0.3) is 0 Å². The van der Waals surface area contributed by atoms with Crippen molar-refractivity contribution >= 4 is 6.47 Å². The summed E-state index contributed by atoms with van der Waals surface area (Å²) >= 11 is 0. The number of carbonyl (C=O) groups excluding carboxylic acids is 1. The van der Waals surface area contributed by atoms with E-state index in [4.69, 9.17) is 4.74 Å². The third-order valence-electron chi connectivity index (χ3n) is 4.69. The number of benzene rings is 1. The van der Waals surface area contributed by atoms with E-state index in [-0.39, 0.29) is 6.10 Å². The molecule has 0 N–H and O–H groups in total. The van der Waals surface area contributed by atoms with Gasteiger partial charge < -0.3 is 4.74 Å². The van der Waals surface area contributed by atoms with Crippen LogP contribution in [0.4, 0.5) is 0 Å². The summed E-state index contributed by atoms with van der Waals surface area (Å²) in [6.45, 7) is 13.5. The highest BCUT2D eigenvalue weighted by atomic mass is 16.5. The molecular weight excluding hydrogens is 332 g/mol. The van der Waals surface area contributed by atoms with Crippen LogP contribution in [0.3, 0.4) is 0 Å². The molecule has 0 bridgehead atoms. The normalized spacial score (nSPS) is 13.4. The summed E-state index contributed by atoms with van der Waals surface area (Å²) in [4.78, 5) is 10.9. The van der Waals surface area contributed by atoms with E-state index in [2.05, 4.69) is 84.0 Å². The zero-order valence-electron chi connectivity index (χ0n) is 17.9. The van der Waals surface area contributed by atoms with Crippen molar-refractivity contribution in [3.8, 4) is 0 Å². The van der Waals surface area contributed by atoms with Gasteiger partial charge in [0.15, 0.2) is 0 Å². The first-order valence-corrected chi connectivity index (χ1v) is 9.98. The SMILES string of the molecule is CC(C)=CCC/C(C)=C/CC/C(C)=C/C(OC=O)c1ccc(C(C)C)cc1. The Balaban J connectivity index is 2.67. The molecule has 0 spiro atoms. The third kappa shape index (κ3) is 9.42. The summed E-state index contributed by atoms with van der Waals surface area (Å²) in [6, 6.07) is 8.34. The van der Waals surface area contributed by atoms with Crippen LogP contribution in [0.5, 0.6) is 0 Å². The molecule has 0 aliphatic carbocycles. The second-order valence-corrected chi connectivity index (χ2v) is 7.90. The van der Waals surface area contributed by atoms with Crippen molar-refractivity contribution in [2.75, 3.05) is 0 Å². The fraction of sp³-hybridized carbons (Fsp3) is 0.480. The van der Waals surface area contributed by atoms with E-state index < -0.39 is 0 Å². The second-order valence-electron chi connectivity index (χ2n) is 7.90. The van der Waals surface area contributed by atoms with E-state index in [0.29, 0.717) is 12.4 Å². The number of ether oxygens (including phenoxy) is 1. The minimum Gasteiger partial charge on any atom is -0.455 e. The lowest BCUT2D eigenvalue weighted by molar-refractivity contribution is -0.131. The molecule has 0 saturated heterocycles. The summed E-state index contributed by atoms with van der Waals surface area (Å²) < 4.78 is 5.32. The highest BCUT2D eigenvalue weighted by Crippen LogP contribution is 2.24. The summed E-state index contributed by atoms with van der Waals surface area (Å²) in [5, 5.41) is 0. The Morgan fingerprint density at radius 3 is 2.00 bits per heavy atom. The van der Waals surface area contributed by atoms with Gasteiger partial charge in [-0.15, -0.1) is 0 Å². The fourth-order valence-electron chi connectivity index (χ4n) is 2.92. The van der Waals surface area contributed by atoms with Crippen molar-refractivity contribution in [3.63, 3.8) is 0 Å². The van der Waals surface area contributed by atoms with Gasteiger partial charge in [0.1, 0.15) is 6.10 Å². The third-order valence-corrected chi connectivity index (χ3v) is 4.69. The predicted molar refractivity (Wildman–Crippen MR) is 116 cm³/mol. The standard InChI is InChI=1S/C25H36O2/c1-19(2)9-7-10-21(5)11-8-12-22(6)17-25(27-18-26)24-15-13-23(14-16-24)20(3)4/h9,11,13-18,20,25H,7-8,10,12H2,1-6H3/b21-11+,22-17+. The number of hydrogen-bond donors (Lipinski definition) is 0. The second kappa shape index (κ2) is 12.3. The molecule has 0 aliphatic rings. The molecule has 1 rings (SSSR count). The molecule has 0 amide bonds. The van der Waals surface area contributed by atoms with Gasteiger partial charge in [-0.05, 0) is 76.5 Å². The zero-order valence-corrected chi connectivity index (χ0v) is 17.9. The minimum absolute atomic E-state index is 0.313. The van der Waals surface area contributed by atoms with Crippen LogP contribution in [0.15, 0.2) is 59.2 Å². The molecule has 0 saturated carbocycles. The maximum atomic E-state index is 10.9. The lowest BCUT2D eigenvalue weighted by Gasteiger charge is -2.14. The van der Waals surface area contributed by atoms with Crippen LogP contribution in [-0.2, 0) is 9.53 Å². The van der Waals surface area contributed by atoms with Crippen molar-refractivity contribution in [3.05, 3.63) is 70.3 Å². The Morgan fingerprint density at radius 2 is 1.44 bits per heavy atom. The molecule has 1 aromatic rings. The van der Waals surface area contributed by atoms with Gasteiger partial charge in [0.05, 0.1) is 0 Å². The van der Waals surface area contributed by atoms with E-state index >= 15 is 0 Å². The molecule has 0 aliphatic heterocycles. The topological polar surface area (TPSA) is 26.3 Å². The Labute approximate surface area is 166 Å². The van der Waals surface area contributed by atoms with Crippen LogP contribution >= 0.6 is 0 Å². The summed E-state index contributed by atoms with van der Waals surface area (Å²) in [5.74, 6) is 0.494. The van der Waals surface area contributed by atoms with Crippen molar-refractivity contribution < 1.29 is 9.53 Å². The fourth-order valence-corrected chi connectivity index (χ4v) is 2.92. The van der Waals surface area contributed by atoms with E-state index in [1.54, 1.807) is 0 Å². The smallest absolute Gasteiger partial charge is 0.294 e. The first-order chi connectivity index (χ1) is 12.8. The molecule has 1 atom stereocenters. The molecule has 148 valence electrons. The Kier molecular flexibility index (Phi) is 10.5. The van der Waals surface area contributed by atoms with Crippen LogP contribution in [-0.4, -0.2) is 6.47 Å². The van der Waals surface area contributed by atoms with Gasteiger partial charge in [-0.3, -0.25) is 4.79 Å². The average molecular weight is 369 g/mol. The number of allylic oxidation sites excluding steroid dienone is 5. The first kappa shape index (κ1) is 23.0. The summed E-state index contributed by atoms with van der Waals surface area (Å²) in [7, 11) is 0. The van der Waals surface area contributed by atoms with Crippen LogP contribution in [0, 0.1) is 0 Å². The largest absolute Gasteiger partial charge is 0.455 e.